The lowest BCUT2D eigenvalue weighted by Crippen LogP contribution is -2.34. The van der Waals surface area contributed by atoms with Gasteiger partial charge in [-0.2, -0.15) is 0 Å². The Morgan fingerprint density at radius 1 is 1.53 bits per heavy atom. The molecule has 2 rings (SSSR count). The van der Waals surface area contributed by atoms with Crippen LogP contribution in [0.4, 0.5) is 0 Å². The molecule has 0 radical (unpaired) electrons. The molecule has 1 heterocycles. The third kappa shape index (κ3) is 3.22. The van der Waals surface area contributed by atoms with E-state index in [0.29, 0.717) is 17.4 Å². The highest BCUT2D eigenvalue weighted by Crippen LogP contribution is 2.41. The molecule has 0 spiro atoms. The Morgan fingerprint density at radius 3 is 2.95 bits per heavy atom. The van der Waals surface area contributed by atoms with Gasteiger partial charge in [-0.1, -0.05) is 29.8 Å². The van der Waals surface area contributed by atoms with Gasteiger partial charge in [-0.3, -0.25) is 9.59 Å². The van der Waals surface area contributed by atoms with Gasteiger partial charge in [0.25, 0.3) is 0 Å². The standard InChI is InChI=1S/C13H14ClNO3S/c1-2-18-12(17)7-15-11(16)8-19-13(15)9-5-3-4-6-10(9)14/h3-6,13H,2,7-8H2,1H3. The number of halogens is 1. The summed E-state index contributed by atoms with van der Waals surface area (Å²) in [6, 6.07) is 7.36. The number of esters is 1. The van der Waals surface area contributed by atoms with Crippen LogP contribution in [0.25, 0.3) is 0 Å². The first-order valence-electron chi connectivity index (χ1n) is 5.94. The Bertz CT molecular complexity index is 495. The Hall–Kier alpha value is -1.20. The van der Waals surface area contributed by atoms with Crippen molar-refractivity contribution in [2.75, 3.05) is 18.9 Å². The number of hydrogen-bond acceptors (Lipinski definition) is 4. The minimum atomic E-state index is -0.393. The van der Waals surface area contributed by atoms with Crippen LogP contribution in [0.1, 0.15) is 17.9 Å². The van der Waals surface area contributed by atoms with E-state index in [1.807, 2.05) is 18.2 Å². The molecule has 4 nitrogen and oxygen atoms in total. The Labute approximate surface area is 121 Å². The summed E-state index contributed by atoms with van der Waals surface area (Å²) < 4.78 is 4.89. The molecule has 1 unspecified atom stereocenters. The Kier molecular flexibility index (Phi) is 4.71. The molecular weight excluding hydrogens is 286 g/mol. The van der Waals surface area contributed by atoms with E-state index in [4.69, 9.17) is 16.3 Å². The zero-order chi connectivity index (χ0) is 13.8. The van der Waals surface area contributed by atoms with Crippen LogP contribution in [0.2, 0.25) is 5.02 Å². The van der Waals surface area contributed by atoms with Crippen molar-refractivity contribution in [1.82, 2.24) is 4.90 Å². The number of amides is 1. The summed E-state index contributed by atoms with van der Waals surface area (Å²) in [7, 11) is 0. The van der Waals surface area contributed by atoms with Crippen LogP contribution >= 0.6 is 23.4 Å². The maximum atomic E-state index is 11.9. The number of benzene rings is 1. The highest BCUT2D eigenvalue weighted by molar-refractivity contribution is 8.00. The average Bonchev–Trinajstić information content (AvgIpc) is 2.72. The number of thioether (sulfide) groups is 1. The number of nitrogens with zero attached hydrogens (tertiary/aromatic N) is 1. The SMILES string of the molecule is CCOC(=O)CN1C(=O)CSC1c1ccccc1Cl. The molecule has 1 aliphatic rings. The highest BCUT2D eigenvalue weighted by Gasteiger charge is 2.35. The number of hydrogen-bond donors (Lipinski definition) is 0. The number of carbonyl (C=O) groups is 2. The predicted molar refractivity (Wildman–Crippen MR) is 75.0 cm³/mol. The van der Waals surface area contributed by atoms with Crippen molar-refractivity contribution in [2.24, 2.45) is 0 Å². The van der Waals surface area contributed by atoms with E-state index in [1.54, 1.807) is 13.0 Å². The van der Waals surface area contributed by atoms with Crippen LogP contribution in [-0.4, -0.2) is 35.7 Å². The zero-order valence-corrected chi connectivity index (χ0v) is 12.0. The first kappa shape index (κ1) is 14.2. The monoisotopic (exact) mass is 299 g/mol. The molecule has 102 valence electrons. The van der Waals surface area contributed by atoms with Crippen LogP contribution in [0.5, 0.6) is 0 Å². The molecule has 1 aromatic rings. The highest BCUT2D eigenvalue weighted by atomic mass is 35.5. The van der Waals surface area contributed by atoms with Gasteiger partial charge in [0.15, 0.2) is 0 Å². The van der Waals surface area contributed by atoms with Crippen molar-refractivity contribution in [3.63, 3.8) is 0 Å². The molecule has 1 atom stereocenters. The lowest BCUT2D eigenvalue weighted by Gasteiger charge is -2.23. The van der Waals surface area contributed by atoms with Crippen molar-refractivity contribution in [1.29, 1.82) is 0 Å². The first-order valence-corrected chi connectivity index (χ1v) is 7.37. The molecule has 0 bridgehead atoms. The Morgan fingerprint density at radius 2 is 2.26 bits per heavy atom. The molecule has 0 N–H and O–H groups in total. The maximum Gasteiger partial charge on any atom is 0.325 e. The van der Waals surface area contributed by atoms with Crippen LogP contribution in [0, 0.1) is 0 Å². The van der Waals surface area contributed by atoms with Crippen molar-refractivity contribution in [2.45, 2.75) is 12.3 Å². The number of carbonyl (C=O) groups excluding carboxylic acids is 2. The lowest BCUT2D eigenvalue weighted by atomic mass is 10.2. The molecule has 1 aliphatic heterocycles. The second-order valence-corrected chi connectivity index (χ2v) is 5.49. The number of rotatable bonds is 4. The van der Waals surface area contributed by atoms with Crippen LogP contribution < -0.4 is 0 Å². The van der Waals surface area contributed by atoms with E-state index >= 15 is 0 Å². The largest absolute Gasteiger partial charge is 0.465 e. The van der Waals surface area contributed by atoms with Gasteiger partial charge < -0.3 is 9.64 Å². The summed E-state index contributed by atoms with van der Waals surface area (Å²) in [5.41, 5.74) is 0.851. The van der Waals surface area contributed by atoms with E-state index in [-0.39, 0.29) is 17.8 Å². The minimum Gasteiger partial charge on any atom is -0.465 e. The van der Waals surface area contributed by atoms with Crippen LogP contribution in [-0.2, 0) is 14.3 Å². The molecule has 1 saturated heterocycles. The quantitative estimate of drug-likeness (QED) is 0.801. The second-order valence-electron chi connectivity index (χ2n) is 4.01. The molecule has 1 aromatic carbocycles. The number of ether oxygens (including phenoxy) is 1. The predicted octanol–water partition coefficient (Wildman–Crippen LogP) is 2.48. The van der Waals surface area contributed by atoms with Crippen LogP contribution in [0.3, 0.4) is 0 Å². The van der Waals surface area contributed by atoms with Gasteiger partial charge >= 0.3 is 5.97 Å². The smallest absolute Gasteiger partial charge is 0.325 e. The summed E-state index contributed by atoms with van der Waals surface area (Å²) in [4.78, 5) is 24.9. The fraction of sp³-hybridized carbons (Fsp3) is 0.385. The lowest BCUT2D eigenvalue weighted by molar-refractivity contribution is -0.148. The zero-order valence-electron chi connectivity index (χ0n) is 10.5. The van der Waals surface area contributed by atoms with Gasteiger partial charge in [0, 0.05) is 10.6 Å². The van der Waals surface area contributed by atoms with Gasteiger partial charge in [-0.15, -0.1) is 11.8 Å². The second kappa shape index (κ2) is 6.30. The van der Waals surface area contributed by atoms with Crippen LogP contribution in [0.15, 0.2) is 24.3 Å². The summed E-state index contributed by atoms with van der Waals surface area (Å²) in [5, 5.41) is 0.383. The maximum absolute atomic E-state index is 11.9. The Balaban J connectivity index is 2.18. The topological polar surface area (TPSA) is 46.6 Å². The third-order valence-electron chi connectivity index (χ3n) is 2.74. The molecule has 6 heteroatoms. The molecule has 19 heavy (non-hydrogen) atoms. The third-order valence-corrected chi connectivity index (χ3v) is 4.33. The van der Waals surface area contributed by atoms with Crippen molar-refractivity contribution in [3.8, 4) is 0 Å². The fourth-order valence-corrected chi connectivity index (χ4v) is 3.43. The van der Waals surface area contributed by atoms with Gasteiger partial charge in [0.2, 0.25) is 5.91 Å². The van der Waals surface area contributed by atoms with Gasteiger partial charge in [0.05, 0.1) is 12.4 Å². The average molecular weight is 300 g/mol. The van der Waals surface area contributed by atoms with E-state index in [2.05, 4.69) is 0 Å². The van der Waals surface area contributed by atoms with Gasteiger partial charge in [-0.05, 0) is 13.0 Å². The fourth-order valence-electron chi connectivity index (χ4n) is 1.90. The van der Waals surface area contributed by atoms with Crippen molar-refractivity contribution in [3.05, 3.63) is 34.9 Å². The normalized spacial score (nSPS) is 18.7. The van der Waals surface area contributed by atoms with Gasteiger partial charge in [0.1, 0.15) is 11.9 Å². The first-order chi connectivity index (χ1) is 9.13. The molecule has 0 aliphatic carbocycles. The van der Waals surface area contributed by atoms with E-state index in [0.717, 1.165) is 5.56 Å². The molecular formula is C13H14ClNO3S. The molecule has 0 aromatic heterocycles. The van der Waals surface area contributed by atoms with E-state index in [1.165, 1.54) is 16.7 Å². The summed E-state index contributed by atoms with van der Waals surface area (Å²) in [6.45, 7) is 2.02. The van der Waals surface area contributed by atoms with E-state index in [9.17, 15) is 9.59 Å². The molecule has 1 amide bonds. The minimum absolute atomic E-state index is 0.0322. The molecule has 0 saturated carbocycles. The summed E-state index contributed by atoms with van der Waals surface area (Å²) in [5.74, 6) is -0.103. The van der Waals surface area contributed by atoms with E-state index < -0.39 is 5.97 Å². The summed E-state index contributed by atoms with van der Waals surface area (Å²) >= 11 is 7.62. The van der Waals surface area contributed by atoms with Crippen molar-refractivity contribution < 1.29 is 14.3 Å². The van der Waals surface area contributed by atoms with Crippen molar-refractivity contribution >= 4 is 35.2 Å². The summed E-state index contributed by atoms with van der Waals surface area (Å²) in [6.07, 6.45) is 0. The van der Waals surface area contributed by atoms with Gasteiger partial charge in [-0.25, -0.2) is 0 Å². The molecule has 1 fully saturated rings.